The van der Waals surface area contributed by atoms with Crippen LogP contribution in [0.2, 0.25) is 10.0 Å². The van der Waals surface area contributed by atoms with Gasteiger partial charge in [0.25, 0.3) is 11.7 Å². The normalized spacial score (nSPS) is 17.8. The number of fused-ring (bicyclic) bond motifs is 1. The number of ketones is 1. The fraction of sp³-hybridized carbons (Fsp3) is 0.429. The quantitative estimate of drug-likeness (QED) is 0.671. The van der Waals surface area contributed by atoms with Crippen molar-refractivity contribution in [3.8, 4) is 0 Å². The van der Waals surface area contributed by atoms with E-state index in [1.807, 2.05) is 0 Å². The molecule has 0 bridgehead atoms. The van der Waals surface area contributed by atoms with Crippen molar-refractivity contribution >= 4 is 40.6 Å². The molecule has 1 saturated carbocycles. The molecule has 1 aliphatic carbocycles. The molecule has 2 aliphatic rings. The average molecular weight is 313 g/mol. The standard InChI is InChI=1S/C14H14Cl2N2O2/c15-9-4-5-10(16)12-11(9)13(19)14(20)18(12)7-1-6-17-8-2-3-8/h4-5,8,17H,1-3,6-7H2. The first-order valence-corrected chi connectivity index (χ1v) is 7.42. The number of rotatable bonds is 5. The minimum atomic E-state index is -0.567. The van der Waals surface area contributed by atoms with Crippen molar-refractivity contribution in [1.82, 2.24) is 5.32 Å². The Hall–Kier alpha value is -1.10. The van der Waals surface area contributed by atoms with E-state index < -0.39 is 11.7 Å². The van der Waals surface area contributed by atoms with Gasteiger partial charge in [-0.2, -0.15) is 0 Å². The van der Waals surface area contributed by atoms with Gasteiger partial charge < -0.3 is 10.2 Å². The Bertz CT molecular complexity index is 585. The molecule has 1 N–H and O–H groups in total. The van der Waals surface area contributed by atoms with E-state index in [1.165, 1.54) is 17.7 Å². The Balaban J connectivity index is 1.76. The van der Waals surface area contributed by atoms with Crippen molar-refractivity contribution in [3.05, 3.63) is 27.7 Å². The maximum atomic E-state index is 12.0. The number of halogens is 2. The first kappa shape index (κ1) is 13.9. The number of Topliss-reactive ketones (excluding diaryl/α,β-unsaturated/α-hetero) is 1. The zero-order valence-corrected chi connectivity index (χ0v) is 12.3. The van der Waals surface area contributed by atoms with Crippen molar-refractivity contribution in [2.75, 3.05) is 18.0 Å². The largest absolute Gasteiger partial charge is 0.314 e. The van der Waals surface area contributed by atoms with Crippen LogP contribution in [0.1, 0.15) is 29.6 Å². The maximum absolute atomic E-state index is 12.0. The highest BCUT2D eigenvalue weighted by molar-refractivity contribution is 6.56. The number of benzene rings is 1. The maximum Gasteiger partial charge on any atom is 0.299 e. The van der Waals surface area contributed by atoms with E-state index >= 15 is 0 Å². The highest BCUT2D eigenvalue weighted by atomic mass is 35.5. The van der Waals surface area contributed by atoms with Crippen LogP contribution in [0.15, 0.2) is 12.1 Å². The smallest absolute Gasteiger partial charge is 0.299 e. The summed E-state index contributed by atoms with van der Waals surface area (Å²) < 4.78 is 0. The Morgan fingerprint density at radius 1 is 1.20 bits per heavy atom. The molecule has 0 radical (unpaired) electrons. The van der Waals surface area contributed by atoms with Gasteiger partial charge in [0.2, 0.25) is 0 Å². The highest BCUT2D eigenvalue weighted by Gasteiger charge is 2.38. The monoisotopic (exact) mass is 312 g/mol. The lowest BCUT2D eigenvalue weighted by Crippen LogP contribution is -2.32. The zero-order valence-electron chi connectivity index (χ0n) is 10.8. The topological polar surface area (TPSA) is 49.4 Å². The molecule has 3 rings (SSSR count). The van der Waals surface area contributed by atoms with Crippen LogP contribution in [0.4, 0.5) is 5.69 Å². The molecule has 1 aliphatic heterocycles. The van der Waals surface area contributed by atoms with Gasteiger partial charge in [-0.15, -0.1) is 0 Å². The third-order valence-electron chi connectivity index (χ3n) is 3.58. The van der Waals surface area contributed by atoms with E-state index in [9.17, 15) is 9.59 Å². The summed E-state index contributed by atoms with van der Waals surface area (Å²) in [5, 5.41) is 4.04. The molecule has 106 valence electrons. The van der Waals surface area contributed by atoms with Gasteiger partial charge in [0.15, 0.2) is 0 Å². The molecule has 1 heterocycles. The molecule has 1 amide bonds. The molecule has 0 atom stereocenters. The number of anilines is 1. The van der Waals surface area contributed by atoms with E-state index in [0.29, 0.717) is 23.3 Å². The van der Waals surface area contributed by atoms with E-state index in [-0.39, 0.29) is 10.6 Å². The molecule has 0 spiro atoms. The molecule has 1 aromatic rings. The van der Waals surface area contributed by atoms with E-state index in [0.717, 1.165) is 13.0 Å². The Kier molecular flexibility index (Phi) is 3.71. The summed E-state index contributed by atoms with van der Waals surface area (Å²) in [6.45, 7) is 1.30. The first-order valence-electron chi connectivity index (χ1n) is 6.67. The molecule has 20 heavy (non-hydrogen) atoms. The summed E-state index contributed by atoms with van der Waals surface area (Å²) in [4.78, 5) is 25.5. The van der Waals surface area contributed by atoms with Gasteiger partial charge in [-0.3, -0.25) is 9.59 Å². The Labute approximate surface area is 127 Å². The highest BCUT2D eigenvalue weighted by Crippen LogP contribution is 2.39. The van der Waals surface area contributed by atoms with Gasteiger partial charge in [0.05, 0.1) is 21.3 Å². The van der Waals surface area contributed by atoms with Crippen molar-refractivity contribution in [2.45, 2.75) is 25.3 Å². The van der Waals surface area contributed by atoms with Crippen LogP contribution in [-0.2, 0) is 4.79 Å². The van der Waals surface area contributed by atoms with E-state index in [4.69, 9.17) is 23.2 Å². The van der Waals surface area contributed by atoms with Crippen molar-refractivity contribution in [2.24, 2.45) is 0 Å². The van der Waals surface area contributed by atoms with Crippen LogP contribution in [-0.4, -0.2) is 30.8 Å². The molecule has 6 heteroatoms. The molecule has 4 nitrogen and oxygen atoms in total. The fourth-order valence-corrected chi connectivity index (χ4v) is 2.89. The van der Waals surface area contributed by atoms with Crippen molar-refractivity contribution < 1.29 is 9.59 Å². The number of nitrogens with zero attached hydrogens (tertiary/aromatic N) is 1. The molecular weight excluding hydrogens is 299 g/mol. The lowest BCUT2D eigenvalue weighted by atomic mass is 10.1. The Morgan fingerprint density at radius 2 is 1.90 bits per heavy atom. The van der Waals surface area contributed by atoms with Gasteiger partial charge in [-0.1, -0.05) is 23.2 Å². The molecule has 0 saturated heterocycles. The summed E-state index contributed by atoms with van der Waals surface area (Å²) >= 11 is 12.1. The minimum absolute atomic E-state index is 0.235. The minimum Gasteiger partial charge on any atom is -0.314 e. The average Bonchev–Trinajstić information content (AvgIpc) is 3.21. The summed E-state index contributed by atoms with van der Waals surface area (Å²) in [7, 11) is 0. The third kappa shape index (κ3) is 2.43. The second-order valence-corrected chi connectivity index (χ2v) is 5.94. The molecule has 0 unspecified atom stereocenters. The number of carbonyl (C=O) groups is 2. The van der Waals surface area contributed by atoms with Crippen LogP contribution in [0.3, 0.4) is 0 Å². The second-order valence-electron chi connectivity index (χ2n) is 5.12. The SMILES string of the molecule is O=C1C(=O)N(CCCNC2CC2)c2c(Cl)ccc(Cl)c21. The van der Waals surface area contributed by atoms with Gasteiger partial charge in [0, 0.05) is 12.6 Å². The summed E-state index contributed by atoms with van der Waals surface area (Å²) in [6.07, 6.45) is 3.23. The molecule has 1 aromatic carbocycles. The summed E-state index contributed by atoms with van der Waals surface area (Å²) in [6, 6.07) is 3.80. The predicted octanol–water partition coefficient (Wildman–Crippen LogP) is 2.66. The number of hydrogen-bond donors (Lipinski definition) is 1. The van der Waals surface area contributed by atoms with E-state index in [1.54, 1.807) is 12.1 Å². The number of carbonyl (C=O) groups excluding carboxylic acids is 2. The van der Waals surface area contributed by atoms with Gasteiger partial charge in [-0.25, -0.2) is 0 Å². The van der Waals surface area contributed by atoms with Gasteiger partial charge in [0.1, 0.15) is 0 Å². The molecule has 1 fully saturated rings. The lowest BCUT2D eigenvalue weighted by molar-refractivity contribution is -0.114. The van der Waals surface area contributed by atoms with Crippen LogP contribution >= 0.6 is 23.2 Å². The second kappa shape index (κ2) is 5.35. The van der Waals surface area contributed by atoms with Gasteiger partial charge in [-0.05, 0) is 37.9 Å². The number of amides is 1. The molecule has 0 aromatic heterocycles. The first-order chi connectivity index (χ1) is 9.59. The van der Waals surface area contributed by atoms with Crippen LogP contribution in [0, 0.1) is 0 Å². The number of nitrogens with one attached hydrogen (secondary N) is 1. The number of hydrogen-bond acceptors (Lipinski definition) is 3. The van der Waals surface area contributed by atoms with E-state index in [2.05, 4.69) is 5.32 Å². The van der Waals surface area contributed by atoms with Crippen LogP contribution < -0.4 is 10.2 Å². The third-order valence-corrected chi connectivity index (χ3v) is 4.20. The molecular formula is C14H14Cl2N2O2. The summed E-state index contributed by atoms with van der Waals surface area (Å²) in [5.74, 6) is -1.11. The predicted molar refractivity (Wildman–Crippen MR) is 78.8 cm³/mol. The Morgan fingerprint density at radius 3 is 2.60 bits per heavy atom. The zero-order chi connectivity index (χ0) is 14.3. The van der Waals surface area contributed by atoms with Crippen LogP contribution in [0.25, 0.3) is 0 Å². The van der Waals surface area contributed by atoms with Crippen LogP contribution in [0.5, 0.6) is 0 Å². The lowest BCUT2D eigenvalue weighted by Gasteiger charge is -2.17. The van der Waals surface area contributed by atoms with Crippen molar-refractivity contribution in [1.29, 1.82) is 0 Å². The van der Waals surface area contributed by atoms with Gasteiger partial charge >= 0.3 is 0 Å². The summed E-state index contributed by atoms with van der Waals surface area (Å²) in [5.41, 5.74) is 0.694. The van der Waals surface area contributed by atoms with Crippen molar-refractivity contribution in [3.63, 3.8) is 0 Å². The fourth-order valence-electron chi connectivity index (χ4n) is 2.40.